The van der Waals surface area contributed by atoms with Gasteiger partial charge in [0.05, 0.1) is 16.3 Å². The van der Waals surface area contributed by atoms with Gasteiger partial charge in [-0.3, -0.25) is 19.3 Å². The standard InChI is InChI=1S/C20H22N4O3S/c21-13-4-1-2-5-14(13)23-19(26)12-7-8-16-15(10-12)22-18(25)11-24(16)20(27)17-6-3-9-28-17/h3,6-10,13-14H,1-2,4-5,11,21H2,(H,22,25)(H,23,26). The SMILES string of the molecule is NC1CCCCC1NC(=O)c1ccc2c(c1)NC(=O)CN2C(=O)c1cccs1. The molecule has 2 aliphatic rings. The highest BCUT2D eigenvalue weighted by molar-refractivity contribution is 7.12. The molecule has 1 fully saturated rings. The molecule has 7 nitrogen and oxygen atoms in total. The van der Waals surface area contributed by atoms with Crippen LogP contribution in [0.1, 0.15) is 45.7 Å². The molecule has 8 heteroatoms. The number of hydrogen-bond acceptors (Lipinski definition) is 5. The lowest BCUT2D eigenvalue weighted by Gasteiger charge is -2.30. The van der Waals surface area contributed by atoms with Crippen LogP contribution in [0.5, 0.6) is 0 Å². The fourth-order valence-electron chi connectivity index (χ4n) is 3.74. The van der Waals surface area contributed by atoms with Gasteiger partial charge in [0.15, 0.2) is 0 Å². The third-order valence-electron chi connectivity index (χ3n) is 5.24. The molecule has 0 radical (unpaired) electrons. The Hall–Kier alpha value is -2.71. The van der Waals surface area contributed by atoms with Gasteiger partial charge >= 0.3 is 0 Å². The van der Waals surface area contributed by atoms with E-state index in [1.165, 1.54) is 16.2 Å². The minimum Gasteiger partial charge on any atom is -0.348 e. The van der Waals surface area contributed by atoms with E-state index in [0.717, 1.165) is 25.7 Å². The Balaban J connectivity index is 1.57. The zero-order valence-corrected chi connectivity index (χ0v) is 16.1. The first-order chi connectivity index (χ1) is 13.5. The molecule has 0 saturated heterocycles. The molecule has 1 aromatic carbocycles. The van der Waals surface area contributed by atoms with Crippen LogP contribution in [0.25, 0.3) is 0 Å². The van der Waals surface area contributed by atoms with Crippen molar-refractivity contribution in [3.8, 4) is 0 Å². The maximum Gasteiger partial charge on any atom is 0.268 e. The number of nitrogens with one attached hydrogen (secondary N) is 2. The molecule has 0 bridgehead atoms. The van der Waals surface area contributed by atoms with E-state index in [-0.39, 0.29) is 36.3 Å². The van der Waals surface area contributed by atoms with Crippen LogP contribution in [-0.4, -0.2) is 36.3 Å². The normalized spacial score (nSPS) is 21.6. The molecule has 4 rings (SSSR count). The monoisotopic (exact) mass is 398 g/mol. The molecule has 1 aliphatic heterocycles. The van der Waals surface area contributed by atoms with Gasteiger partial charge in [0.25, 0.3) is 11.8 Å². The van der Waals surface area contributed by atoms with Crippen LogP contribution in [0.4, 0.5) is 11.4 Å². The maximum absolute atomic E-state index is 12.7. The topological polar surface area (TPSA) is 105 Å². The van der Waals surface area contributed by atoms with E-state index in [0.29, 0.717) is 21.8 Å². The van der Waals surface area contributed by atoms with Crippen molar-refractivity contribution in [1.29, 1.82) is 0 Å². The van der Waals surface area contributed by atoms with E-state index in [4.69, 9.17) is 5.73 Å². The summed E-state index contributed by atoms with van der Waals surface area (Å²) >= 11 is 1.33. The van der Waals surface area contributed by atoms with Gasteiger partial charge in [-0.1, -0.05) is 18.9 Å². The first-order valence-electron chi connectivity index (χ1n) is 9.38. The third-order valence-corrected chi connectivity index (χ3v) is 6.10. The van der Waals surface area contributed by atoms with Crippen LogP contribution in [0.2, 0.25) is 0 Å². The zero-order chi connectivity index (χ0) is 19.7. The maximum atomic E-state index is 12.7. The van der Waals surface area contributed by atoms with Crippen molar-refractivity contribution in [2.75, 3.05) is 16.8 Å². The van der Waals surface area contributed by atoms with Crippen molar-refractivity contribution in [3.63, 3.8) is 0 Å². The summed E-state index contributed by atoms with van der Waals surface area (Å²) in [5.74, 6) is -0.734. The molecule has 1 aromatic heterocycles. The van der Waals surface area contributed by atoms with E-state index < -0.39 is 0 Å². The molecule has 146 valence electrons. The molecular formula is C20H22N4O3S. The Bertz CT molecular complexity index is 912. The van der Waals surface area contributed by atoms with Crippen molar-refractivity contribution >= 4 is 40.4 Å². The number of rotatable bonds is 3. The van der Waals surface area contributed by atoms with Crippen molar-refractivity contribution < 1.29 is 14.4 Å². The number of carbonyl (C=O) groups excluding carboxylic acids is 3. The predicted molar refractivity (Wildman–Crippen MR) is 109 cm³/mol. The molecule has 0 spiro atoms. The fraction of sp³-hybridized carbons (Fsp3) is 0.350. The summed E-state index contributed by atoms with van der Waals surface area (Å²) in [7, 11) is 0. The number of thiophene rings is 1. The Morgan fingerprint density at radius 2 is 2.04 bits per heavy atom. The molecule has 4 N–H and O–H groups in total. The number of fused-ring (bicyclic) bond motifs is 1. The van der Waals surface area contributed by atoms with Crippen molar-refractivity contribution in [1.82, 2.24) is 5.32 Å². The van der Waals surface area contributed by atoms with Crippen LogP contribution in [0.3, 0.4) is 0 Å². The average molecular weight is 398 g/mol. The van der Waals surface area contributed by atoms with E-state index in [2.05, 4.69) is 10.6 Å². The predicted octanol–water partition coefficient (Wildman–Crippen LogP) is 2.35. The number of nitrogens with two attached hydrogens (primary N) is 1. The van der Waals surface area contributed by atoms with Crippen LogP contribution in [-0.2, 0) is 4.79 Å². The molecule has 2 atom stereocenters. The number of hydrogen-bond donors (Lipinski definition) is 3. The number of amides is 3. The third kappa shape index (κ3) is 3.65. The van der Waals surface area contributed by atoms with Crippen LogP contribution < -0.4 is 21.3 Å². The van der Waals surface area contributed by atoms with E-state index in [1.807, 2.05) is 5.38 Å². The largest absolute Gasteiger partial charge is 0.348 e. The second-order valence-corrected chi connectivity index (χ2v) is 8.12. The fourth-order valence-corrected chi connectivity index (χ4v) is 4.41. The molecular weight excluding hydrogens is 376 g/mol. The lowest BCUT2D eigenvalue weighted by molar-refractivity contribution is -0.115. The molecule has 2 unspecified atom stereocenters. The molecule has 2 aromatic rings. The second kappa shape index (κ2) is 7.73. The summed E-state index contributed by atoms with van der Waals surface area (Å²) in [5.41, 5.74) is 7.60. The van der Waals surface area contributed by atoms with E-state index in [1.54, 1.807) is 30.3 Å². The summed E-state index contributed by atoms with van der Waals surface area (Å²) in [5, 5.41) is 7.59. The summed E-state index contributed by atoms with van der Waals surface area (Å²) in [4.78, 5) is 39.6. The molecule has 1 aliphatic carbocycles. The first-order valence-corrected chi connectivity index (χ1v) is 10.3. The second-order valence-electron chi connectivity index (χ2n) is 7.18. The Morgan fingerprint density at radius 3 is 2.79 bits per heavy atom. The smallest absolute Gasteiger partial charge is 0.268 e. The van der Waals surface area contributed by atoms with E-state index >= 15 is 0 Å². The molecule has 1 saturated carbocycles. The van der Waals surface area contributed by atoms with Crippen molar-refractivity contribution in [3.05, 3.63) is 46.2 Å². The van der Waals surface area contributed by atoms with Gasteiger partial charge < -0.3 is 16.4 Å². The van der Waals surface area contributed by atoms with Gasteiger partial charge in [0.1, 0.15) is 6.54 Å². The van der Waals surface area contributed by atoms with Gasteiger partial charge in [0, 0.05) is 17.6 Å². The number of benzene rings is 1. The Labute approximate surface area is 166 Å². The van der Waals surface area contributed by atoms with Gasteiger partial charge in [-0.15, -0.1) is 11.3 Å². The minimum absolute atomic E-state index is 0.0334. The van der Waals surface area contributed by atoms with Crippen molar-refractivity contribution in [2.24, 2.45) is 5.73 Å². The first kappa shape index (κ1) is 18.6. The molecule has 2 heterocycles. The summed E-state index contributed by atoms with van der Waals surface area (Å²) < 4.78 is 0. The van der Waals surface area contributed by atoms with Crippen LogP contribution >= 0.6 is 11.3 Å². The summed E-state index contributed by atoms with van der Waals surface area (Å²) in [6, 6.07) is 8.45. The quantitative estimate of drug-likeness (QED) is 0.738. The average Bonchev–Trinajstić information content (AvgIpc) is 3.22. The molecule has 28 heavy (non-hydrogen) atoms. The van der Waals surface area contributed by atoms with Gasteiger partial charge in [-0.05, 0) is 42.5 Å². The highest BCUT2D eigenvalue weighted by atomic mass is 32.1. The summed E-state index contributed by atoms with van der Waals surface area (Å²) in [6.07, 6.45) is 3.92. The number of nitrogens with zero attached hydrogens (tertiary/aromatic N) is 1. The van der Waals surface area contributed by atoms with Gasteiger partial charge in [-0.25, -0.2) is 0 Å². The number of anilines is 2. The zero-order valence-electron chi connectivity index (χ0n) is 15.3. The Morgan fingerprint density at radius 1 is 1.21 bits per heavy atom. The Kier molecular flexibility index (Phi) is 5.15. The number of carbonyl (C=O) groups is 3. The van der Waals surface area contributed by atoms with Gasteiger partial charge in [-0.2, -0.15) is 0 Å². The molecule has 3 amide bonds. The highest BCUT2D eigenvalue weighted by Gasteiger charge is 2.29. The lowest BCUT2D eigenvalue weighted by atomic mass is 9.91. The minimum atomic E-state index is -0.288. The van der Waals surface area contributed by atoms with Crippen LogP contribution in [0.15, 0.2) is 35.7 Å². The lowest BCUT2D eigenvalue weighted by Crippen LogP contribution is -2.49. The van der Waals surface area contributed by atoms with E-state index in [9.17, 15) is 14.4 Å². The van der Waals surface area contributed by atoms with Gasteiger partial charge in [0.2, 0.25) is 5.91 Å². The van der Waals surface area contributed by atoms with Crippen LogP contribution in [0, 0.1) is 0 Å². The van der Waals surface area contributed by atoms with Crippen molar-refractivity contribution in [2.45, 2.75) is 37.8 Å². The summed E-state index contributed by atoms with van der Waals surface area (Å²) in [6.45, 7) is -0.0494. The highest BCUT2D eigenvalue weighted by Crippen LogP contribution is 2.32.